The molecule has 0 saturated heterocycles. The van der Waals surface area contributed by atoms with Gasteiger partial charge in [-0.3, -0.25) is 4.79 Å². The molecule has 0 N–H and O–H groups in total. The SMILES string of the molecule is Cc1noc(CN(C)C(=O)CCCn2cnc3ccccc32)n1. The first-order valence-electron chi connectivity index (χ1n) is 7.56. The average Bonchev–Trinajstić information content (AvgIpc) is 3.14. The molecule has 0 spiro atoms. The molecule has 23 heavy (non-hydrogen) atoms. The molecule has 7 nitrogen and oxygen atoms in total. The first-order chi connectivity index (χ1) is 11.1. The lowest BCUT2D eigenvalue weighted by Crippen LogP contribution is -2.26. The topological polar surface area (TPSA) is 77.0 Å². The van der Waals surface area contributed by atoms with E-state index in [0.29, 0.717) is 24.7 Å². The summed E-state index contributed by atoms with van der Waals surface area (Å²) in [6.45, 7) is 2.86. The summed E-state index contributed by atoms with van der Waals surface area (Å²) < 4.78 is 7.10. The van der Waals surface area contributed by atoms with Crippen molar-refractivity contribution in [3.8, 4) is 0 Å². The van der Waals surface area contributed by atoms with E-state index < -0.39 is 0 Å². The van der Waals surface area contributed by atoms with E-state index in [1.165, 1.54) is 0 Å². The standard InChI is InChI=1S/C16H19N5O2/c1-12-18-15(23-19-12)10-20(2)16(22)8-5-9-21-11-17-13-6-3-4-7-14(13)21/h3-4,6-7,11H,5,8-10H2,1-2H3. The Morgan fingerprint density at radius 1 is 1.35 bits per heavy atom. The molecule has 7 heteroatoms. The van der Waals surface area contributed by atoms with Crippen molar-refractivity contribution in [2.24, 2.45) is 0 Å². The number of carbonyl (C=O) groups is 1. The summed E-state index contributed by atoms with van der Waals surface area (Å²) >= 11 is 0. The number of rotatable bonds is 6. The van der Waals surface area contributed by atoms with Gasteiger partial charge in [0.05, 0.1) is 23.9 Å². The molecule has 0 aliphatic rings. The Kier molecular flexibility index (Phi) is 4.36. The number of hydrogen-bond donors (Lipinski definition) is 0. The average molecular weight is 313 g/mol. The summed E-state index contributed by atoms with van der Waals surface area (Å²) in [7, 11) is 1.74. The van der Waals surface area contributed by atoms with Gasteiger partial charge in [-0.05, 0) is 25.5 Å². The molecular formula is C16H19N5O2. The molecule has 120 valence electrons. The maximum atomic E-state index is 12.2. The zero-order chi connectivity index (χ0) is 16.2. The molecule has 0 aliphatic carbocycles. The van der Waals surface area contributed by atoms with Crippen LogP contribution in [0, 0.1) is 6.92 Å². The molecular weight excluding hydrogens is 294 g/mol. The molecule has 3 aromatic rings. The van der Waals surface area contributed by atoms with Gasteiger partial charge in [-0.15, -0.1) is 0 Å². The predicted molar refractivity (Wildman–Crippen MR) is 84.5 cm³/mol. The lowest BCUT2D eigenvalue weighted by atomic mass is 10.2. The zero-order valence-electron chi connectivity index (χ0n) is 13.3. The number of aromatic nitrogens is 4. The Morgan fingerprint density at radius 3 is 2.96 bits per heavy atom. The molecule has 2 aromatic heterocycles. The Bertz CT molecular complexity index is 808. The van der Waals surface area contributed by atoms with Crippen molar-refractivity contribution < 1.29 is 9.32 Å². The van der Waals surface area contributed by atoms with Gasteiger partial charge in [-0.1, -0.05) is 17.3 Å². The third-order valence-corrected chi connectivity index (χ3v) is 3.68. The van der Waals surface area contributed by atoms with Crippen molar-refractivity contribution in [1.29, 1.82) is 0 Å². The van der Waals surface area contributed by atoms with Gasteiger partial charge >= 0.3 is 0 Å². The number of nitrogens with zero attached hydrogens (tertiary/aromatic N) is 5. The van der Waals surface area contributed by atoms with E-state index in [1.807, 2.05) is 30.6 Å². The number of carbonyl (C=O) groups excluding carboxylic acids is 1. The van der Waals surface area contributed by atoms with E-state index in [-0.39, 0.29) is 5.91 Å². The van der Waals surface area contributed by atoms with Crippen LogP contribution in [0.1, 0.15) is 24.6 Å². The van der Waals surface area contributed by atoms with Crippen molar-refractivity contribution in [2.75, 3.05) is 7.05 Å². The van der Waals surface area contributed by atoms with Crippen LogP contribution in [0.2, 0.25) is 0 Å². The summed E-state index contributed by atoms with van der Waals surface area (Å²) in [5.41, 5.74) is 2.07. The summed E-state index contributed by atoms with van der Waals surface area (Å²) in [5.74, 6) is 1.09. The Hall–Kier alpha value is -2.70. The summed E-state index contributed by atoms with van der Waals surface area (Å²) in [6.07, 6.45) is 3.04. The third-order valence-electron chi connectivity index (χ3n) is 3.68. The Balaban J connectivity index is 1.50. The van der Waals surface area contributed by atoms with Gasteiger partial charge in [0.2, 0.25) is 11.8 Å². The minimum atomic E-state index is 0.0604. The van der Waals surface area contributed by atoms with E-state index in [4.69, 9.17) is 4.52 Å². The lowest BCUT2D eigenvalue weighted by molar-refractivity contribution is -0.130. The minimum Gasteiger partial charge on any atom is -0.337 e. The van der Waals surface area contributed by atoms with Gasteiger partial charge in [-0.2, -0.15) is 4.98 Å². The van der Waals surface area contributed by atoms with Crippen molar-refractivity contribution >= 4 is 16.9 Å². The van der Waals surface area contributed by atoms with Crippen LogP contribution in [0.4, 0.5) is 0 Å². The van der Waals surface area contributed by atoms with E-state index in [0.717, 1.165) is 24.0 Å². The Labute approximate surface area is 133 Å². The van der Waals surface area contributed by atoms with E-state index in [2.05, 4.69) is 19.7 Å². The Morgan fingerprint density at radius 2 is 2.17 bits per heavy atom. The molecule has 0 saturated carbocycles. The third kappa shape index (κ3) is 3.56. The molecule has 3 rings (SSSR count). The molecule has 2 heterocycles. The van der Waals surface area contributed by atoms with Gasteiger partial charge in [0.25, 0.3) is 0 Å². The molecule has 0 fully saturated rings. The van der Waals surface area contributed by atoms with Crippen LogP contribution in [0.3, 0.4) is 0 Å². The second-order valence-electron chi connectivity index (χ2n) is 5.52. The van der Waals surface area contributed by atoms with Crippen molar-refractivity contribution in [2.45, 2.75) is 32.9 Å². The number of benzene rings is 1. The molecule has 0 radical (unpaired) electrons. The van der Waals surface area contributed by atoms with Crippen LogP contribution in [0.5, 0.6) is 0 Å². The van der Waals surface area contributed by atoms with Crippen LogP contribution >= 0.6 is 0 Å². The fraction of sp³-hybridized carbons (Fsp3) is 0.375. The normalized spacial score (nSPS) is 11.0. The van der Waals surface area contributed by atoms with E-state index >= 15 is 0 Å². The zero-order valence-corrected chi connectivity index (χ0v) is 13.3. The quantitative estimate of drug-likeness (QED) is 0.697. The summed E-state index contributed by atoms with van der Waals surface area (Å²) in [4.78, 5) is 22.2. The van der Waals surface area contributed by atoms with Gasteiger partial charge in [0.1, 0.15) is 0 Å². The highest BCUT2D eigenvalue weighted by Crippen LogP contribution is 2.13. The van der Waals surface area contributed by atoms with Gasteiger partial charge in [-0.25, -0.2) is 4.98 Å². The van der Waals surface area contributed by atoms with Gasteiger partial charge in [0, 0.05) is 20.0 Å². The first kappa shape index (κ1) is 15.2. The maximum Gasteiger partial charge on any atom is 0.246 e. The van der Waals surface area contributed by atoms with Gasteiger partial charge in [0.15, 0.2) is 5.82 Å². The van der Waals surface area contributed by atoms with Crippen LogP contribution in [0.15, 0.2) is 35.1 Å². The van der Waals surface area contributed by atoms with Crippen LogP contribution in [-0.2, 0) is 17.9 Å². The van der Waals surface area contributed by atoms with Crippen molar-refractivity contribution in [3.63, 3.8) is 0 Å². The summed E-state index contributed by atoms with van der Waals surface area (Å²) in [5, 5.41) is 3.72. The second kappa shape index (κ2) is 6.60. The molecule has 1 aromatic carbocycles. The minimum absolute atomic E-state index is 0.0604. The monoisotopic (exact) mass is 313 g/mol. The number of hydrogen-bond acceptors (Lipinski definition) is 5. The highest BCUT2D eigenvalue weighted by Gasteiger charge is 2.13. The van der Waals surface area contributed by atoms with Crippen LogP contribution in [-0.4, -0.2) is 37.5 Å². The van der Waals surface area contributed by atoms with Crippen molar-refractivity contribution in [1.82, 2.24) is 24.6 Å². The molecule has 0 unspecified atom stereocenters. The number of aryl methyl sites for hydroxylation is 2. The molecule has 1 amide bonds. The largest absolute Gasteiger partial charge is 0.337 e. The number of para-hydroxylation sites is 2. The highest BCUT2D eigenvalue weighted by molar-refractivity contribution is 5.76. The fourth-order valence-corrected chi connectivity index (χ4v) is 2.48. The lowest BCUT2D eigenvalue weighted by Gasteiger charge is -2.14. The molecule has 0 aliphatic heterocycles. The van der Waals surface area contributed by atoms with Gasteiger partial charge < -0.3 is 14.0 Å². The molecule has 0 atom stereocenters. The summed E-state index contributed by atoms with van der Waals surface area (Å²) in [6, 6.07) is 7.98. The fourth-order valence-electron chi connectivity index (χ4n) is 2.48. The second-order valence-corrected chi connectivity index (χ2v) is 5.52. The van der Waals surface area contributed by atoms with Crippen molar-refractivity contribution in [3.05, 3.63) is 42.3 Å². The van der Waals surface area contributed by atoms with Crippen LogP contribution < -0.4 is 0 Å². The number of imidazole rings is 1. The predicted octanol–water partition coefficient (Wildman–Crippen LogP) is 2.17. The number of amides is 1. The first-order valence-corrected chi connectivity index (χ1v) is 7.56. The van der Waals surface area contributed by atoms with E-state index in [1.54, 1.807) is 18.9 Å². The van der Waals surface area contributed by atoms with E-state index in [9.17, 15) is 4.79 Å². The highest BCUT2D eigenvalue weighted by atomic mass is 16.5. The smallest absolute Gasteiger partial charge is 0.246 e. The number of fused-ring (bicyclic) bond motifs is 1. The van der Waals surface area contributed by atoms with Crippen LogP contribution in [0.25, 0.3) is 11.0 Å². The molecule has 0 bridgehead atoms. The maximum absolute atomic E-state index is 12.2.